The summed E-state index contributed by atoms with van der Waals surface area (Å²) < 4.78 is 5.72. The summed E-state index contributed by atoms with van der Waals surface area (Å²) in [5.41, 5.74) is 2.14. The molecule has 0 unspecified atom stereocenters. The van der Waals surface area contributed by atoms with Crippen LogP contribution >= 0.6 is 27.5 Å². The summed E-state index contributed by atoms with van der Waals surface area (Å²) in [5.74, 6) is 0.902. The first-order valence-electron chi connectivity index (χ1n) is 6.34. The first-order valence-corrected chi connectivity index (χ1v) is 7.51. The van der Waals surface area contributed by atoms with Crippen molar-refractivity contribution in [3.63, 3.8) is 0 Å². The maximum Gasteiger partial charge on any atom is 0.128 e. The van der Waals surface area contributed by atoms with Crippen molar-refractivity contribution in [2.45, 2.75) is 44.4 Å². The van der Waals surface area contributed by atoms with Crippen LogP contribution in [0, 0.1) is 0 Å². The lowest BCUT2D eigenvalue weighted by atomic mass is 9.83. The molecule has 19 heavy (non-hydrogen) atoms. The lowest BCUT2D eigenvalue weighted by molar-refractivity contribution is 0.344. The molecular weight excluding hydrogens is 324 g/mol. The third-order valence-corrected chi connectivity index (χ3v) is 3.49. The Morgan fingerprint density at radius 3 is 2.16 bits per heavy atom. The van der Waals surface area contributed by atoms with Gasteiger partial charge in [-0.05, 0) is 31.4 Å². The predicted octanol–water partition coefficient (Wildman–Crippen LogP) is 5.83. The summed E-state index contributed by atoms with van der Waals surface area (Å²) in [5, 5.41) is 0.735. The first kappa shape index (κ1) is 16.6. The van der Waals surface area contributed by atoms with Crippen LogP contribution in [-0.2, 0) is 9.74 Å². The summed E-state index contributed by atoms with van der Waals surface area (Å²) in [6.45, 7) is 14.9. The van der Waals surface area contributed by atoms with Gasteiger partial charge in [-0.25, -0.2) is 0 Å². The lowest BCUT2D eigenvalue weighted by Gasteiger charge is -2.29. The monoisotopic (exact) mass is 344 g/mol. The average molecular weight is 346 g/mol. The zero-order valence-corrected chi connectivity index (χ0v) is 14.7. The molecule has 0 amide bonds. The minimum Gasteiger partial charge on any atom is -0.489 e. The fourth-order valence-corrected chi connectivity index (χ4v) is 2.40. The molecule has 0 aromatic heterocycles. The zero-order chi connectivity index (χ0) is 14.8. The van der Waals surface area contributed by atoms with Crippen LogP contribution in [0.4, 0.5) is 0 Å². The van der Waals surface area contributed by atoms with Crippen LogP contribution in [0.1, 0.15) is 45.7 Å². The van der Waals surface area contributed by atoms with Crippen molar-refractivity contribution < 1.29 is 4.74 Å². The minimum atomic E-state index is -0.200. The summed E-state index contributed by atoms with van der Waals surface area (Å²) in [6.07, 6.45) is 1.76. The van der Waals surface area contributed by atoms with E-state index < -0.39 is 0 Å². The van der Waals surface area contributed by atoms with Crippen LogP contribution in [0.2, 0.25) is 5.02 Å². The van der Waals surface area contributed by atoms with Crippen molar-refractivity contribution in [3.05, 3.63) is 40.9 Å². The van der Waals surface area contributed by atoms with Gasteiger partial charge in [-0.2, -0.15) is 0 Å². The molecule has 1 rings (SSSR count). The van der Waals surface area contributed by atoms with Gasteiger partial charge in [-0.15, -0.1) is 0 Å². The molecular formula is C16H22BrClO. The highest BCUT2D eigenvalue weighted by atomic mass is 79.9. The number of halogens is 2. The molecule has 0 radical (unpaired) electrons. The molecule has 0 saturated heterocycles. The summed E-state index contributed by atoms with van der Waals surface area (Å²) >= 11 is 9.97. The van der Waals surface area contributed by atoms with Crippen LogP contribution in [0.15, 0.2) is 24.8 Å². The van der Waals surface area contributed by atoms with E-state index in [4.69, 9.17) is 16.3 Å². The molecule has 0 fully saturated rings. The molecule has 1 nitrogen and oxygen atoms in total. The van der Waals surface area contributed by atoms with Crippen LogP contribution in [0.25, 0.3) is 0 Å². The van der Waals surface area contributed by atoms with E-state index in [1.165, 1.54) is 0 Å². The number of benzene rings is 1. The molecule has 0 saturated carbocycles. The average Bonchev–Trinajstić information content (AvgIpc) is 2.23. The largest absolute Gasteiger partial charge is 0.489 e. The quantitative estimate of drug-likeness (QED) is 0.492. The predicted molar refractivity (Wildman–Crippen MR) is 87.8 cm³/mol. The summed E-state index contributed by atoms with van der Waals surface area (Å²) in [4.78, 5) is 0. The van der Waals surface area contributed by atoms with E-state index in [-0.39, 0.29) is 9.74 Å². The topological polar surface area (TPSA) is 9.23 Å². The Morgan fingerprint density at radius 2 is 1.74 bits per heavy atom. The first-order chi connectivity index (χ1) is 8.57. The lowest BCUT2D eigenvalue weighted by Crippen LogP contribution is -2.18. The highest BCUT2D eigenvalue weighted by Crippen LogP contribution is 2.44. The Balaban J connectivity index is 3.53. The number of alkyl halides is 1. The van der Waals surface area contributed by atoms with Crippen LogP contribution in [0.5, 0.6) is 5.75 Å². The fraction of sp³-hybridized carbons (Fsp3) is 0.500. The van der Waals surface area contributed by atoms with Crippen LogP contribution in [-0.4, -0.2) is 6.61 Å². The smallest absolute Gasteiger partial charge is 0.128 e. The number of hydrogen-bond acceptors (Lipinski definition) is 1. The van der Waals surface area contributed by atoms with Crippen LogP contribution in [0.3, 0.4) is 0 Å². The van der Waals surface area contributed by atoms with E-state index in [9.17, 15) is 0 Å². The molecule has 1 aromatic rings. The van der Waals surface area contributed by atoms with E-state index in [0.717, 1.165) is 21.9 Å². The molecule has 0 spiro atoms. The van der Waals surface area contributed by atoms with E-state index in [1.807, 2.05) is 12.1 Å². The van der Waals surface area contributed by atoms with Crippen molar-refractivity contribution >= 4 is 27.5 Å². The van der Waals surface area contributed by atoms with E-state index in [2.05, 4.69) is 57.1 Å². The minimum absolute atomic E-state index is 0.0333. The van der Waals surface area contributed by atoms with Crippen molar-refractivity contribution in [3.8, 4) is 5.75 Å². The molecule has 0 aliphatic rings. The Morgan fingerprint density at radius 1 is 1.21 bits per heavy atom. The zero-order valence-electron chi connectivity index (χ0n) is 12.3. The van der Waals surface area contributed by atoms with Gasteiger partial charge in [0.15, 0.2) is 0 Å². The molecule has 0 atom stereocenters. The van der Waals surface area contributed by atoms with Gasteiger partial charge in [0.05, 0.1) is 0 Å². The molecule has 0 aliphatic heterocycles. The maximum atomic E-state index is 6.27. The SMILES string of the molecule is C=CCOc1c(C(C)(C)C)cc(Cl)cc1C(C)(C)Br. The van der Waals surface area contributed by atoms with Gasteiger partial charge in [0.1, 0.15) is 12.4 Å². The maximum absolute atomic E-state index is 6.27. The van der Waals surface area contributed by atoms with Gasteiger partial charge < -0.3 is 4.74 Å². The van der Waals surface area contributed by atoms with Gasteiger partial charge in [0, 0.05) is 20.5 Å². The Kier molecular flexibility index (Phi) is 5.14. The molecule has 1 aromatic carbocycles. The van der Waals surface area contributed by atoms with Crippen LogP contribution < -0.4 is 4.74 Å². The summed E-state index contributed by atoms with van der Waals surface area (Å²) in [7, 11) is 0. The standard InChI is InChI=1S/C16H22BrClO/c1-7-8-19-14-12(15(2,3)4)9-11(18)10-13(14)16(5,6)17/h7,9-10H,1,8H2,2-6H3. The molecule has 0 heterocycles. The molecule has 0 N–H and O–H groups in total. The second kappa shape index (κ2) is 5.88. The van der Waals surface area contributed by atoms with Crippen molar-refractivity contribution in [2.75, 3.05) is 6.61 Å². The molecule has 0 aliphatic carbocycles. The van der Waals surface area contributed by atoms with Crippen molar-refractivity contribution in [1.82, 2.24) is 0 Å². The second-order valence-electron chi connectivity index (χ2n) is 6.15. The Hall–Kier alpha value is -0.470. The number of hydrogen-bond donors (Lipinski definition) is 0. The molecule has 0 bridgehead atoms. The summed E-state index contributed by atoms with van der Waals surface area (Å²) in [6, 6.07) is 3.95. The molecule has 3 heteroatoms. The van der Waals surface area contributed by atoms with E-state index in [1.54, 1.807) is 6.08 Å². The molecule has 106 valence electrons. The van der Waals surface area contributed by atoms with Crippen molar-refractivity contribution in [1.29, 1.82) is 0 Å². The van der Waals surface area contributed by atoms with Gasteiger partial charge in [0.25, 0.3) is 0 Å². The fourth-order valence-electron chi connectivity index (χ4n) is 1.89. The van der Waals surface area contributed by atoms with Gasteiger partial charge in [-0.1, -0.05) is 61.0 Å². The highest BCUT2D eigenvalue weighted by Gasteiger charge is 2.28. The Labute approximate surface area is 130 Å². The third kappa shape index (κ3) is 4.25. The number of ether oxygens (including phenoxy) is 1. The number of rotatable bonds is 4. The van der Waals surface area contributed by atoms with Gasteiger partial charge in [0.2, 0.25) is 0 Å². The van der Waals surface area contributed by atoms with Gasteiger partial charge in [-0.3, -0.25) is 0 Å². The highest BCUT2D eigenvalue weighted by molar-refractivity contribution is 9.09. The normalized spacial score (nSPS) is 12.4. The van der Waals surface area contributed by atoms with E-state index >= 15 is 0 Å². The third-order valence-electron chi connectivity index (χ3n) is 2.85. The van der Waals surface area contributed by atoms with E-state index in [0.29, 0.717) is 6.61 Å². The second-order valence-corrected chi connectivity index (χ2v) is 8.57. The van der Waals surface area contributed by atoms with Gasteiger partial charge >= 0.3 is 0 Å². The Bertz CT molecular complexity index is 432. The van der Waals surface area contributed by atoms with Crippen molar-refractivity contribution in [2.24, 2.45) is 0 Å².